The topological polar surface area (TPSA) is 38.3 Å². The highest BCUT2D eigenvalue weighted by Gasteiger charge is 2.25. The molecule has 1 aromatic carbocycles. The summed E-state index contributed by atoms with van der Waals surface area (Å²) in [6.45, 7) is 2.15. The van der Waals surface area contributed by atoms with Crippen LogP contribution in [0, 0.1) is 0 Å². The molecule has 4 heteroatoms. The Bertz CT molecular complexity index is 736. The maximum atomic E-state index is 5.32. The van der Waals surface area contributed by atoms with E-state index >= 15 is 0 Å². The van der Waals surface area contributed by atoms with Gasteiger partial charge in [-0.2, -0.15) is 0 Å². The second-order valence-electron chi connectivity index (χ2n) is 7.37. The molecule has 4 nitrogen and oxygen atoms in total. The number of ether oxygens (including phenoxy) is 1. The number of likely N-dealkylation sites (N-methyl/N-ethyl adjacent to an activating group) is 1. The molecule has 0 bridgehead atoms. The van der Waals surface area contributed by atoms with E-state index in [0.717, 1.165) is 43.2 Å². The summed E-state index contributed by atoms with van der Waals surface area (Å²) >= 11 is 0. The van der Waals surface area contributed by atoms with Gasteiger partial charge in [0.25, 0.3) is 0 Å². The maximum Gasteiger partial charge on any atom is 0.132 e. The smallest absolute Gasteiger partial charge is 0.132 e. The lowest BCUT2D eigenvalue weighted by Crippen LogP contribution is -2.20. The number of hydrogen-bond acceptors (Lipinski definition) is 4. The summed E-state index contributed by atoms with van der Waals surface area (Å²) in [5.74, 6) is 2.51. The Morgan fingerprint density at radius 1 is 1.00 bits per heavy atom. The first kappa shape index (κ1) is 16.5. The molecule has 0 spiro atoms. The minimum atomic E-state index is 0.545. The second-order valence-corrected chi connectivity index (χ2v) is 7.37. The van der Waals surface area contributed by atoms with Crippen LogP contribution >= 0.6 is 0 Å². The van der Waals surface area contributed by atoms with E-state index in [0.29, 0.717) is 5.92 Å². The molecule has 2 aromatic rings. The fourth-order valence-electron chi connectivity index (χ4n) is 4.08. The molecule has 132 valence electrons. The van der Waals surface area contributed by atoms with Gasteiger partial charge in [0.05, 0.1) is 12.8 Å². The number of benzene rings is 1. The number of aromatic nitrogens is 2. The fraction of sp³-hybridized carbons (Fsp3) is 0.524. The highest BCUT2D eigenvalue weighted by Crippen LogP contribution is 2.35. The van der Waals surface area contributed by atoms with Crippen molar-refractivity contribution in [3.63, 3.8) is 0 Å². The third kappa shape index (κ3) is 3.40. The lowest BCUT2D eigenvalue weighted by Gasteiger charge is -2.16. The number of hydrogen-bond donors (Lipinski definition) is 0. The van der Waals surface area contributed by atoms with E-state index in [1.165, 1.54) is 42.5 Å². The molecular weight excluding hydrogens is 310 g/mol. The Kier molecular flexibility index (Phi) is 4.71. The zero-order valence-corrected chi connectivity index (χ0v) is 15.3. The van der Waals surface area contributed by atoms with Gasteiger partial charge in [-0.25, -0.2) is 9.97 Å². The quantitative estimate of drug-likeness (QED) is 0.853. The first-order valence-electron chi connectivity index (χ1n) is 9.47. The van der Waals surface area contributed by atoms with E-state index in [1.807, 2.05) is 12.1 Å². The summed E-state index contributed by atoms with van der Waals surface area (Å²) in [4.78, 5) is 12.5. The van der Waals surface area contributed by atoms with E-state index in [9.17, 15) is 0 Å². The van der Waals surface area contributed by atoms with Gasteiger partial charge in [0.15, 0.2) is 0 Å². The van der Waals surface area contributed by atoms with Gasteiger partial charge in [0, 0.05) is 42.2 Å². The second kappa shape index (κ2) is 7.12. The molecule has 1 fully saturated rings. The standard InChI is InChI=1S/C21H27N3O/c1-24-13-11-18-19(12-14-24)22-21(16-5-3-4-6-16)23-20(18)15-7-9-17(25-2)10-8-15/h7-10,16H,3-6,11-14H2,1-2H3. The van der Waals surface area contributed by atoms with Crippen molar-refractivity contribution in [1.82, 2.24) is 14.9 Å². The number of methoxy groups -OCH3 is 1. The summed E-state index contributed by atoms with van der Waals surface area (Å²) in [5, 5.41) is 0. The molecule has 1 aromatic heterocycles. The van der Waals surface area contributed by atoms with Gasteiger partial charge in [0.1, 0.15) is 11.6 Å². The Balaban J connectivity index is 1.80. The molecule has 1 saturated carbocycles. The summed E-state index contributed by atoms with van der Waals surface area (Å²) < 4.78 is 5.32. The third-order valence-corrected chi connectivity index (χ3v) is 5.67. The van der Waals surface area contributed by atoms with Crippen LogP contribution in [0.5, 0.6) is 5.75 Å². The zero-order chi connectivity index (χ0) is 17.2. The molecule has 2 aliphatic rings. The molecule has 0 saturated heterocycles. The average Bonchev–Trinajstić information content (AvgIpc) is 3.12. The number of rotatable bonds is 3. The minimum Gasteiger partial charge on any atom is -0.497 e. The molecule has 0 N–H and O–H groups in total. The molecular formula is C21H27N3O. The van der Waals surface area contributed by atoms with Crippen molar-refractivity contribution in [2.45, 2.75) is 44.4 Å². The lowest BCUT2D eigenvalue weighted by molar-refractivity contribution is 0.352. The molecule has 0 radical (unpaired) electrons. The van der Waals surface area contributed by atoms with Crippen LogP contribution in [0.4, 0.5) is 0 Å². The van der Waals surface area contributed by atoms with E-state index < -0.39 is 0 Å². The lowest BCUT2D eigenvalue weighted by atomic mass is 9.99. The van der Waals surface area contributed by atoms with Crippen molar-refractivity contribution < 1.29 is 4.74 Å². The molecule has 1 aliphatic heterocycles. The molecule has 0 unspecified atom stereocenters. The van der Waals surface area contributed by atoms with Crippen molar-refractivity contribution in [2.75, 3.05) is 27.2 Å². The van der Waals surface area contributed by atoms with Crippen molar-refractivity contribution in [3.8, 4) is 17.0 Å². The summed E-state index contributed by atoms with van der Waals surface area (Å²) in [6.07, 6.45) is 7.15. The predicted molar refractivity (Wildman–Crippen MR) is 100 cm³/mol. The van der Waals surface area contributed by atoms with Crippen LogP contribution in [-0.4, -0.2) is 42.1 Å². The van der Waals surface area contributed by atoms with Crippen LogP contribution < -0.4 is 4.74 Å². The van der Waals surface area contributed by atoms with Gasteiger partial charge in [-0.05, 0) is 50.6 Å². The summed E-state index contributed by atoms with van der Waals surface area (Å²) in [5.41, 5.74) is 4.94. The first-order valence-corrected chi connectivity index (χ1v) is 9.47. The highest BCUT2D eigenvalue weighted by atomic mass is 16.5. The van der Waals surface area contributed by atoms with Crippen molar-refractivity contribution in [3.05, 3.63) is 41.3 Å². The number of fused-ring (bicyclic) bond motifs is 1. The Hall–Kier alpha value is -1.94. The van der Waals surface area contributed by atoms with Crippen molar-refractivity contribution in [2.24, 2.45) is 0 Å². The maximum absolute atomic E-state index is 5.32. The van der Waals surface area contributed by atoms with Crippen LogP contribution in [0.2, 0.25) is 0 Å². The third-order valence-electron chi connectivity index (χ3n) is 5.67. The summed E-state index contributed by atoms with van der Waals surface area (Å²) in [6, 6.07) is 8.33. The first-order chi connectivity index (χ1) is 12.2. The molecule has 0 atom stereocenters. The monoisotopic (exact) mass is 337 g/mol. The summed E-state index contributed by atoms with van der Waals surface area (Å²) in [7, 11) is 3.91. The zero-order valence-electron chi connectivity index (χ0n) is 15.3. The van der Waals surface area contributed by atoms with Crippen LogP contribution in [0.1, 0.15) is 48.7 Å². The molecule has 2 heterocycles. The molecule has 1 aliphatic carbocycles. The van der Waals surface area contributed by atoms with Gasteiger partial charge in [0.2, 0.25) is 0 Å². The minimum absolute atomic E-state index is 0.545. The van der Waals surface area contributed by atoms with Crippen molar-refractivity contribution >= 4 is 0 Å². The SMILES string of the molecule is COc1ccc(-c2nc(C3CCCC3)nc3c2CCN(C)CC3)cc1. The van der Waals surface area contributed by atoms with E-state index in [2.05, 4.69) is 24.1 Å². The van der Waals surface area contributed by atoms with Crippen molar-refractivity contribution in [1.29, 1.82) is 0 Å². The fourth-order valence-corrected chi connectivity index (χ4v) is 4.08. The predicted octanol–water partition coefficient (Wildman–Crippen LogP) is 3.84. The molecule has 25 heavy (non-hydrogen) atoms. The van der Waals surface area contributed by atoms with Crippen LogP contribution in [0.25, 0.3) is 11.3 Å². The van der Waals surface area contributed by atoms with Crippen LogP contribution in [0.15, 0.2) is 24.3 Å². The Morgan fingerprint density at radius 3 is 2.44 bits per heavy atom. The normalized spacial score (nSPS) is 18.8. The van der Waals surface area contributed by atoms with E-state index in [4.69, 9.17) is 14.7 Å². The highest BCUT2D eigenvalue weighted by molar-refractivity contribution is 5.65. The van der Waals surface area contributed by atoms with Gasteiger partial charge in [-0.1, -0.05) is 12.8 Å². The average molecular weight is 337 g/mol. The molecule has 4 rings (SSSR count). The number of nitrogens with zero attached hydrogens (tertiary/aromatic N) is 3. The van der Waals surface area contributed by atoms with Crippen LogP contribution in [-0.2, 0) is 12.8 Å². The van der Waals surface area contributed by atoms with Gasteiger partial charge in [-0.3, -0.25) is 0 Å². The van der Waals surface area contributed by atoms with E-state index in [-0.39, 0.29) is 0 Å². The molecule has 0 amide bonds. The van der Waals surface area contributed by atoms with Crippen LogP contribution in [0.3, 0.4) is 0 Å². The Morgan fingerprint density at radius 2 is 1.72 bits per heavy atom. The van der Waals surface area contributed by atoms with Gasteiger partial charge < -0.3 is 9.64 Å². The van der Waals surface area contributed by atoms with Gasteiger partial charge >= 0.3 is 0 Å². The van der Waals surface area contributed by atoms with Gasteiger partial charge in [-0.15, -0.1) is 0 Å². The largest absolute Gasteiger partial charge is 0.497 e. The van der Waals surface area contributed by atoms with E-state index in [1.54, 1.807) is 7.11 Å². The Labute approximate surface area is 150 Å².